The quantitative estimate of drug-likeness (QED) is 0.602. The summed E-state index contributed by atoms with van der Waals surface area (Å²) in [5.41, 5.74) is 0.439. The van der Waals surface area contributed by atoms with Gasteiger partial charge in [0.15, 0.2) is 0 Å². The number of rotatable bonds is 4. The highest BCUT2D eigenvalue weighted by Gasteiger charge is 2.38. The Hall–Kier alpha value is -2.68. The second-order valence-electron chi connectivity index (χ2n) is 3.93. The lowest BCUT2D eigenvalue weighted by atomic mass is 10.1. The normalized spacial score (nSPS) is 13.1. The van der Waals surface area contributed by atoms with Crippen molar-refractivity contribution >= 4 is 17.8 Å². The van der Waals surface area contributed by atoms with Gasteiger partial charge >= 0.3 is 5.97 Å². The molecule has 0 spiro atoms. The number of benzene rings is 1. The zero-order chi connectivity index (χ0) is 13.8. The first-order valence-electron chi connectivity index (χ1n) is 5.70. The molecular weight excluding hydrogens is 248 g/mol. The van der Waals surface area contributed by atoms with Crippen LogP contribution in [0.1, 0.15) is 40.0 Å². The van der Waals surface area contributed by atoms with Gasteiger partial charge in [-0.2, -0.15) is 5.26 Å². The van der Waals surface area contributed by atoms with Crippen LogP contribution in [0, 0.1) is 11.3 Å². The molecule has 6 heteroatoms. The van der Waals surface area contributed by atoms with Crippen molar-refractivity contribution in [2.75, 3.05) is 0 Å². The van der Waals surface area contributed by atoms with Gasteiger partial charge in [0.25, 0.3) is 11.8 Å². The van der Waals surface area contributed by atoms with E-state index in [1.54, 1.807) is 12.1 Å². The fourth-order valence-corrected chi connectivity index (χ4v) is 1.71. The predicted octanol–water partition coefficient (Wildman–Crippen LogP) is 1.43. The van der Waals surface area contributed by atoms with Gasteiger partial charge in [0.1, 0.15) is 0 Å². The standard InChI is InChI=1S/C13H10N2O4/c14-8-4-3-7-11(16)19-15-12(17)9-5-1-2-6-10(9)13(15)18/h1-2,5-6H,3-4,7H2. The van der Waals surface area contributed by atoms with E-state index in [1.165, 1.54) is 12.1 Å². The summed E-state index contributed by atoms with van der Waals surface area (Å²) in [7, 11) is 0. The fourth-order valence-electron chi connectivity index (χ4n) is 1.71. The lowest BCUT2D eigenvalue weighted by molar-refractivity contribution is -0.168. The molecule has 1 heterocycles. The molecule has 0 radical (unpaired) electrons. The van der Waals surface area contributed by atoms with Gasteiger partial charge in [-0.3, -0.25) is 9.59 Å². The zero-order valence-electron chi connectivity index (χ0n) is 9.96. The van der Waals surface area contributed by atoms with Gasteiger partial charge in [0.2, 0.25) is 0 Å². The van der Waals surface area contributed by atoms with Crippen LogP contribution in [-0.2, 0) is 9.63 Å². The van der Waals surface area contributed by atoms with Crippen molar-refractivity contribution in [3.63, 3.8) is 0 Å². The van der Waals surface area contributed by atoms with Crippen LogP contribution in [0.4, 0.5) is 0 Å². The molecule has 96 valence electrons. The van der Waals surface area contributed by atoms with Crippen molar-refractivity contribution in [2.45, 2.75) is 19.3 Å². The fraction of sp³-hybridized carbons (Fsp3) is 0.231. The van der Waals surface area contributed by atoms with Crippen molar-refractivity contribution in [3.05, 3.63) is 35.4 Å². The summed E-state index contributed by atoms with van der Waals surface area (Å²) in [5, 5.41) is 8.82. The molecule has 2 rings (SSSR count). The Bertz CT molecular complexity index is 554. The van der Waals surface area contributed by atoms with E-state index in [0.29, 0.717) is 11.5 Å². The maximum Gasteiger partial charge on any atom is 0.333 e. The molecule has 1 aromatic rings. The monoisotopic (exact) mass is 258 g/mol. The lowest BCUT2D eigenvalue weighted by Crippen LogP contribution is -2.32. The molecule has 0 saturated heterocycles. The van der Waals surface area contributed by atoms with Crippen molar-refractivity contribution < 1.29 is 19.2 Å². The first kappa shape index (κ1) is 12.8. The van der Waals surface area contributed by atoms with Crippen molar-refractivity contribution in [3.8, 4) is 6.07 Å². The summed E-state index contributed by atoms with van der Waals surface area (Å²) in [6.45, 7) is 0. The minimum Gasteiger partial charge on any atom is -0.330 e. The first-order chi connectivity index (χ1) is 9.15. The van der Waals surface area contributed by atoms with Gasteiger partial charge in [0, 0.05) is 12.8 Å². The summed E-state index contributed by atoms with van der Waals surface area (Å²) < 4.78 is 0. The number of hydrogen-bond donors (Lipinski definition) is 0. The number of hydrogen-bond acceptors (Lipinski definition) is 5. The number of carbonyl (C=O) groups is 3. The molecule has 0 saturated carbocycles. The Morgan fingerprint density at radius 1 is 1.21 bits per heavy atom. The molecule has 1 aromatic carbocycles. The highest BCUT2D eigenvalue weighted by atomic mass is 16.7. The zero-order valence-corrected chi connectivity index (χ0v) is 9.96. The number of fused-ring (bicyclic) bond motifs is 1. The largest absolute Gasteiger partial charge is 0.333 e. The number of nitriles is 1. The third kappa shape index (κ3) is 2.45. The maximum absolute atomic E-state index is 11.8. The summed E-state index contributed by atoms with van der Waals surface area (Å²) in [6, 6.07) is 8.15. The van der Waals surface area contributed by atoms with Crippen LogP contribution < -0.4 is 0 Å². The van der Waals surface area contributed by atoms with Crippen LogP contribution in [0.2, 0.25) is 0 Å². The maximum atomic E-state index is 11.8. The number of imide groups is 1. The summed E-state index contributed by atoms with van der Waals surface area (Å²) in [6.07, 6.45) is 0.538. The Balaban J connectivity index is 2.04. The Morgan fingerprint density at radius 2 is 1.79 bits per heavy atom. The number of nitrogens with zero attached hydrogens (tertiary/aromatic N) is 2. The van der Waals surface area contributed by atoms with Gasteiger partial charge in [0.05, 0.1) is 17.2 Å². The van der Waals surface area contributed by atoms with Crippen LogP contribution in [0.15, 0.2) is 24.3 Å². The van der Waals surface area contributed by atoms with Crippen LogP contribution in [0.5, 0.6) is 0 Å². The number of hydroxylamine groups is 2. The number of carbonyl (C=O) groups excluding carboxylic acids is 3. The third-order valence-corrected chi connectivity index (χ3v) is 2.62. The minimum absolute atomic E-state index is 0.0129. The van der Waals surface area contributed by atoms with E-state index in [4.69, 9.17) is 10.1 Å². The van der Waals surface area contributed by atoms with Gasteiger partial charge in [-0.05, 0) is 18.6 Å². The van der Waals surface area contributed by atoms with Crippen molar-refractivity contribution in [1.82, 2.24) is 5.06 Å². The van der Waals surface area contributed by atoms with Crippen molar-refractivity contribution in [1.29, 1.82) is 5.26 Å². The molecule has 0 N–H and O–H groups in total. The van der Waals surface area contributed by atoms with Gasteiger partial charge in [-0.15, -0.1) is 0 Å². The summed E-state index contributed by atoms with van der Waals surface area (Å²) in [5.74, 6) is -1.99. The number of amides is 2. The molecule has 0 bridgehead atoms. The average Bonchev–Trinajstić information content (AvgIpc) is 2.65. The lowest BCUT2D eigenvalue weighted by Gasteiger charge is -2.12. The summed E-state index contributed by atoms with van der Waals surface area (Å²) in [4.78, 5) is 39.9. The molecule has 1 aliphatic heterocycles. The van der Waals surface area contributed by atoms with Gasteiger partial charge < -0.3 is 4.84 Å². The topological polar surface area (TPSA) is 87.5 Å². The van der Waals surface area contributed by atoms with E-state index in [2.05, 4.69) is 0 Å². The van der Waals surface area contributed by atoms with Gasteiger partial charge in [-0.1, -0.05) is 17.2 Å². The highest BCUT2D eigenvalue weighted by molar-refractivity contribution is 6.20. The van der Waals surface area contributed by atoms with E-state index in [9.17, 15) is 14.4 Å². The smallest absolute Gasteiger partial charge is 0.330 e. The molecule has 2 amide bonds. The molecular formula is C13H10N2O4. The molecule has 19 heavy (non-hydrogen) atoms. The van der Waals surface area contributed by atoms with E-state index in [1.807, 2.05) is 6.07 Å². The van der Waals surface area contributed by atoms with Crippen LogP contribution >= 0.6 is 0 Å². The SMILES string of the molecule is N#CCCCC(=O)ON1C(=O)c2ccccc2C1=O. The predicted molar refractivity (Wildman–Crippen MR) is 62.5 cm³/mol. The van der Waals surface area contributed by atoms with E-state index < -0.39 is 17.8 Å². The second-order valence-corrected chi connectivity index (χ2v) is 3.93. The molecule has 0 atom stereocenters. The van der Waals surface area contributed by atoms with Crippen molar-refractivity contribution in [2.24, 2.45) is 0 Å². The molecule has 0 aromatic heterocycles. The van der Waals surface area contributed by atoms with Crippen LogP contribution in [-0.4, -0.2) is 22.8 Å². The molecule has 0 unspecified atom stereocenters. The average molecular weight is 258 g/mol. The highest BCUT2D eigenvalue weighted by Crippen LogP contribution is 2.22. The minimum atomic E-state index is -0.704. The van der Waals surface area contributed by atoms with E-state index in [0.717, 1.165) is 0 Å². The van der Waals surface area contributed by atoms with Crippen LogP contribution in [0.3, 0.4) is 0 Å². The van der Waals surface area contributed by atoms with Gasteiger partial charge in [-0.25, -0.2) is 4.79 Å². The molecule has 0 aliphatic carbocycles. The molecule has 0 fully saturated rings. The third-order valence-electron chi connectivity index (χ3n) is 2.62. The Kier molecular flexibility index (Phi) is 3.57. The Morgan fingerprint density at radius 3 is 2.32 bits per heavy atom. The Labute approximate surface area is 109 Å². The molecule has 6 nitrogen and oxygen atoms in total. The van der Waals surface area contributed by atoms with Crippen LogP contribution in [0.25, 0.3) is 0 Å². The first-order valence-corrected chi connectivity index (χ1v) is 5.70. The molecule has 1 aliphatic rings. The van der Waals surface area contributed by atoms with E-state index in [-0.39, 0.29) is 24.0 Å². The second kappa shape index (κ2) is 5.31. The summed E-state index contributed by atoms with van der Waals surface area (Å²) >= 11 is 0. The van der Waals surface area contributed by atoms with E-state index >= 15 is 0 Å². The number of unbranched alkanes of at least 4 members (excludes halogenated alkanes) is 1.